The summed E-state index contributed by atoms with van der Waals surface area (Å²) in [5.41, 5.74) is 14.6. The van der Waals surface area contributed by atoms with Crippen LogP contribution in [0.5, 0.6) is 0 Å². The van der Waals surface area contributed by atoms with Crippen LogP contribution in [-0.2, 0) is 11.3 Å². The van der Waals surface area contributed by atoms with Crippen LogP contribution in [0, 0.1) is 0 Å². The molecule has 3 rings (SSSR count). The zero-order valence-electron chi connectivity index (χ0n) is 15.2. The van der Waals surface area contributed by atoms with Gasteiger partial charge in [-0.05, 0) is 43.4 Å². The molecule has 0 saturated heterocycles. The second-order valence-electron chi connectivity index (χ2n) is 6.73. The molecule has 0 aliphatic carbocycles. The molecule has 2 aromatic carbocycles. The van der Waals surface area contributed by atoms with Crippen LogP contribution in [0.2, 0.25) is 0 Å². The highest BCUT2D eigenvalue weighted by molar-refractivity contribution is 5.95. The van der Waals surface area contributed by atoms with E-state index in [2.05, 4.69) is 58.5 Å². The zero-order valence-corrected chi connectivity index (χ0v) is 15.2. The quantitative estimate of drug-likeness (QED) is 0.783. The van der Waals surface area contributed by atoms with Gasteiger partial charge in [-0.2, -0.15) is 10.1 Å². The monoisotopic (exact) mass is 351 g/mol. The topological polar surface area (TPSA) is 89.2 Å². The van der Waals surface area contributed by atoms with E-state index in [1.165, 1.54) is 21.8 Å². The summed E-state index contributed by atoms with van der Waals surface area (Å²) in [5, 5.41) is 1.52. The largest absolute Gasteiger partial charge is 0.368 e. The minimum absolute atomic E-state index is 0.171. The Labute approximate surface area is 154 Å². The molecule has 0 fully saturated rings. The van der Waals surface area contributed by atoms with Crippen LogP contribution in [-0.4, -0.2) is 29.3 Å². The number of aryl methyl sites for hydroxylation is 1. The van der Waals surface area contributed by atoms with E-state index in [1.807, 2.05) is 19.9 Å². The van der Waals surface area contributed by atoms with E-state index in [0.717, 1.165) is 12.8 Å². The highest BCUT2D eigenvalue weighted by atomic mass is 16.7. The first-order valence-corrected chi connectivity index (χ1v) is 8.73. The maximum Gasteiger partial charge on any atom is 0.226 e. The molecule has 1 aliphatic rings. The predicted molar refractivity (Wildman–Crippen MR) is 105 cm³/mol. The molecule has 2 aromatic rings. The molecule has 136 valence electrons. The molecule has 26 heavy (non-hydrogen) atoms. The molecule has 0 spiro atoms. The van der Waals surface area contributed by atoms with Crippen molar-refractivity contribution in [3.05, 3.63) is 60.2 Å². The Bertz CT molecular complexity index is 814. The maximum atomic E-state index is 5.91. The molecule has 0 amide bonds. The first kappa shape index (κ1) is 17.9. The van der Waals surface area contributed by atoms with E-state index >= 15 is 0 Å². The molecule has 0 radical (unpaired) electrons. The summed E-state index contributed by atoms with van der Waals surface area (Å²) >= 11 is 0. The Morgan fingerprint density at radius 1 is 1.00 bits per heavy atom. The lowest BCUT2D eigenvalue weighted by Crippen LogP contribution is -2.53. The van der Waals surface area contributed by atoms with Crippen LogP contribution in [0.15, 0.2) is 64.6 Å². The van der Waals surface area contributed by atoms with Crippen LogP contribution in [0.1, 0.15) is 25.8 Å². The van der Waals surface area contributed by atoms with Crippen molar-refractivity contribution in [2.24, 2.45) is 21.5 Å². The highest BCUT2D eigenvalue weighted by Gasteiger charge is 2.32. The molecule has 6 heteroatoms. The number of rotatable bonds is 6. The number of nitrogens with zero attached hydrogens (tertiary/aromatic N) is 3. The van der Waals surface area contributed by atoms with Crippen LogP contribution in [0.4, 0.5) is 0 Å². The average molecular weight is 351 g/mol. The molecule has 0 saturated carbocycles. The second kappa shape index (κ2) is 7.58. The third kappa shape index (κ3) is 4.21. The molecule has 0 atom stereocenters. The van der Waals surface area contributed by atoms with Gasteiger partial charge in [0, 0.05) is 0 Å². The van der Waals surface area contributed by atoms with E-state index in [-0.39, 0.29) is 11.9 Å². The molecular weight excluding hydrogens is 326 g/mol. The van der Waals surface area contributed by atoms with Crippen molar-refractivity contribution < 1.29 is 4.84 Å². The average Bonchev–Trinajstić information content (AvgIpc) is 2.60. The van der Waals surface area contributed by atoms with Gasteiger partial charge in [0.2, 0.25) is 11.9 Å². The summed E-state index contributed by atoms with van der Waals surface area (Å²) in [6, 6.07) is 19.0. The van der Waals surface area contributed by atoms with E-state index < -0.39 is 5.66 Å². The predicted octanol–water partition coefficient (Wildman–Crippen LogP) is 2.90. The summed E-state index contributed by atoms with van der Waals surface area (Å²) in [5.74, 6) is 0.402. The van der Waals surface area contributed by atoms with Crippen molar-refractivity contribution >= 4 is 11.9 Å². The SMILES string of the molecule is CC1(C)N=C(N)N=C(N)N1OCCCc1cccc(-c2ccccc2)c1. The van der Waals surface area contributed by atoms with Gasteiger partial charge >= 0.3 is 0 Å². The third-order valence-electron chi connectivity index (χ3n) is 4.19. The lowest BCUT2D eigenvalue weighted by atomic mass is 10.0. The fourth-order valence-corrected chi connectivity index (χ4v) is 2.99. The molecule has 1 heterocycles. The number of nitrogens with two attached hydrogens (primary N) is 2. The van der Waals surface area contributed by atoms with Gasteiger partial charge in [-0.3, -0.25) is 4.84 Å². The zero-order chi connectivity index (χ0) is 18.6. The van der Waals surface area contributed by atoms with Crippen LogP contribution in [0.25, 0.3) is 11.1 Å². The van der Waals surface area contributed by atoms with Crippen LogP contribution in [0.3, 0.4) is 0 Å². The van der Waals surface area contributed by atoms with E-state index in [0.29, 0.717) is 6.61 Å². The van der Waals surface area contributed by atoms with Gasteiger partial charge in [0.25, 0.3) is 0 Å². The number of hydroxylamine groups is 2. The lowest BCUT2D eigenvalue weighted by Gasteiger charge is -2.36. The minimum atomic E-state index is -0.664. The van der Waals surface area contributed by atoms with Gasteiger partial charge < -0.3 is 11.5 Å². The smallest absolute Gasteiger partial charge is 0.226 e. The Balaban J connectivity index is 1.55. The summed E-state index contributed by atoms with van der Waals surface area (Å²) in [7, 11) is 0. The number of guanidine groups is 2. The van der Waals surface area contributed by atoms with Gasteiger partial charge in [-0.15, -0.1) is 0 Å². The van der Waals surface area contributed by atoms with Crippen molar-refractivity contribution in [1.29, 1.82) is 0 Å². The molecule has 0 unspecified atom stereocenters. The number of benzene rings is 2. The Hall–Kier alpha value is -2.86. The van der Waals surface area contributed by atoms with E-state index in [9.17, 15) is 0 Å². The van der Waals surface area contributed by atoms with Crippen molar-refractivity contribution in [3.63, 3.8) is 0 Å². The normalized spacial score (nSPS) is 16.2. The van der Waals surface area contributed by atoms with E-state index in [4.69, 9.17) is 16.3 Å². The number of aliphatic imine (C=N–C) groups is 2. The van der Waals surface area contributed by atoms with Gasteiger partial charge in [-0.25, -0.2) is 4.99 Å². The Morgan fingerprint density at radius 2 is 1.73 bits per heavy atom. The van der Waals surface area contributed by atoms with Crippen LogP contribution < -0.4 is 11.5 Å². The molecular formula is C20H25N5O. The first-order valence-electron chi connectivity index (χ1n) is 8.73. The van der Waals surface area contributed by atoms with Gasteiger partial charge in [0.15, 0.2) is 5.66 Å². The lowest BCUT2D eigenvalue weighted by molar-refractivity contribution is -0.157. The standard InChI is InChI=1S/C20H25N5O/c1-20(2)24-18(21)23-19(22)25(20)26-13-7-9-15-8-6-12-17(14-15)16-10-4-3-5-11-16/h3-6,8,10-12,14H,7,9,13H2,1-2H3,(H4,21,22,23,24). The molecule has 6 nitrogen and oxygen atoms in total. The highest BCUT2D eigenvalue weighted by Crippen LogP contribution is 2.22. The fraction of sp³-hybridized carbons (Fsp3) is 0.300. The first-order chi connectivity index (χ1) is 12.5. The summed E-state index contributed by atoms with van der Waals surface area (Å²) in [6.07, 6.45) is 1.77. The van der Waals surface area contributed by atoms with Gasteiger partial charge in [0.1, 0.15) is 0 Å². The van der Waals surface area contributed by atoms with Crippen molar-refractivity contribution in [1.82, 2.24) is 5.06 Å². The van der Waals surface area contributed by atoms with Crippen molar-refractivity contribution in [2.75, 3.05) is 6.61 Å². The Morgan fingerprint density at radius 3 is 2.46 bits per heavy atom. The summed E-state index contributed by atoms with van der Waals surface area (Å²) in [6.45, 7) is 4.28. The van der Waals surface area contributed by atoms with E-state index in [1.54, 1.807) is 0 Å². The molecule has 1 aliphatic heterocycles. The van der Waals surface area contributed by atoms with Gasteiger partial charge in [0.05, 0.1) is 6.61 Å². The van der Waals surface area contributed by atoms with Crippen molar-refractivity contribution in [3.8, 4) is 11.1 Å². The third-order valence-corrected chi connectivity index (χ3v) is 4.19. The maximum absolute atomic E-state index is 5.91. The van der Waals surface area contributed by atoms with Crippen molar-refractivity contribution in [2.45, 2.75) is 32.4 Å². The number of hydrogen-bond acceptors (Lipinski definition) is 6. The summed E-state index contributed by atoms with van der Waals surface area (Å²) in [4.78, 5) is 14.0. The Kier molecular flexibility index (Phi) is 5.23. The number of hydrogen-bond donors (Lipinski definition) is 2. The molecule has 4 N–H and O–H groups in total. The fourth-order valence-electron chi connectivity index (χ4n) is 2.99. The molecule has 0 bridgehead atoms. The summed E-state index contributed by atoms with van der Waals surface area (Å²) < 4.78 is 0. The minimum Gasteiger partial charge on any atom is -0.368 e. The second-order valence-corrected chi connectivity index (χ2v) is 6.73. The van der Waals surface area contributed by atoms with Gasteiger partial charge in [-0.1, -0.05) is 54.6 Å². The van der Waals surface area contributed by atoms with Crippen LogP contribution >= 0.6 is 0 Å². The molecule has 0 aromatic heterocycles.